The lowest BCUT2D eigenvalue weighted by molar-refractivity contribution is -0.141. The minimum Gasteiger partial charge on any atom is -0.468 e. The molecule has 0 fully saturated rings. The third-order valence-corrected chi connectivity index (χ3v) is 4.90. The van der Waals surface area contributed by atoms with E-state index in [1.165, 1.54) is 19.2 Å². The van der Waals surface area contributed by atoms with Crippen molar-refractivity contribution >= 4 is 39.4 Å². The smallest absolute Gasteiger partial charge is 0.348 e. The van der Waals surface area contributed by atoms with Crippen molar-refractivity contribution in [1.29, 1.82) is 0 Å². The summed E-state index contributed by atoms with van der Waals surface area (Å²) in [6.07, 6.45) is 0. The zero-order valence-electron chi connectivity index (χ0n) is 15.0. The summed E-state index contributed by atoms with van der Waals surface area (Å²) in [5.74, 6) is -2.25. The number of methoxy groups -OCH3 is 1. The average Bonchev–Trinajstić information content (AvgIpc) is 3.25. The highest BCUT2D eigenvalue weighted by atomic mass is 32.1. The molecule has 28 heavy (non-hydrogen) atoms. The van der Waals surface area contributed by atoms with Crippen molar-refractivity contribution in [2.24, 2.45) is 0 Å². The van der Waals surface area contributed by atoms with Crippen LogP contribution in [0.4, 0.5) is 4.39 Å². The lowest BCUT2D eigenvalue weighted by Crippen LogP contribution is -2.33. The van der Waals surface area contributed by atoms with E-state index in [0.29, 0.717) is 21.1 Å². The van der Waals surface area contributed by atoms with E-state index >= 15 is 0 Å². The molecule has 10 heteroatoms. The number of rotatable bonds is 6. The van der Waals surface area contributed by atoms with Gasteiger partial charge in [0.2, 0.25) is 0 Å². The third-order valence-electron chi connectivity index (χ3n) is 3.81. The molecule has 0 saturated carbocycles. The van der Waals surface area contributed by atoms with Crippen LogP contribution >= 0.6 is 11.3 Å². The quantitative estimate of drug-likeness (QED) is 0.630. The Kier molecular flexibility index (Phi) is 5.69. The van der Waals surface area contributed by atoms with E-state index < -0.39 is 24.5 Å². The van der Waals surface area contributed by atoms with Gasteiger partial charge in [0.1, 0.15) is 22.1 Å². The van der Waals surface area contributed by atoms with Crippen LogP contribution in [0, 0.1) is 12.7 Å². The Morgan fingerprint density at radius 3 is 2.64 bits per heavy atom. The summed E-state index contributed by atoms with van der Waals surface area (Å²) in [5.41, 5.74) is 1.36. The molecule has 1 aromatic carbocycles. The van der Waals surface area contributed by atoms with Crippen molar-refractivity contribution in [3.63, 3.8) is 0 Å². The van der Waals surface area contributed by atoms with Gasteiger partial charge >= 0.3 is 11.9 Å². The molecule has 3 aromatic rings. The largest absolute Gasteiger partial charge is 0.468 e. The van der Waals surface area contributed by atoms with Gasteiger partial charge in [0.25, 0.3) is 5.91 Å². The van der Waals surface area contributed by atoms with Crippen molar-refractivity contribution in [3.8, 4) is 5.69 Å². The SMILES string of the molecule is COC(=O)CNC(=O)COC(=O)c1cc2c(C)nn(-c3ccc(F)cc3)c2s1. The molecule has 0 unspecified atom stereocenters. The number of benzene rings is 1. The van der Waals surface area contributed by atoms with E-state index in [-0.39, 0.29) is 12.4 Å². The number of hydrogen-bond acceptors (Lipinski definition) is 7. The Hall–Kier alpha value is -3.27. The third kappa shape index (κ3) is 4.17. The van der Waals surface area contributed by atoms with Crippen LogP contribution in [0.3, 0.4) is 0 Å². The average molecular weight is 405 g/mol. The minimum atomic E-state index is -0.667. The van der Waals surface area contributed by atoms with Gasteiger partial charge in [-0.15, -0.1) is 11.3 Å². The van der Waals surface area contributed by atoms with Crippen LogP contribution in [0.2, 0.25) is 0 Å². The van der Waals surface area contributed by atoms with Gasteiger partial charge in [-0.3, -0.25) is 9.59 Å². The molecule has 0 saturated heterocycles. The summed E-state index contributed by atoms with van der Waals surface area (Å²) in [4.78, 5) is 35.8. The second-order valence-corrected chi connectivity index (χ2v) is 6.76. The van der Waals surface area contributed by atoms with E-state index in [2.05, 4.69) is 15.2 Å². The van der Waals surface area contributed by atoms with Gasteiger partial charge in [0.15, 0.2) is 6.61 Å². The molecule has 0 aliphatic heterocycles. The molecule has 0 radical (unpaired) electrons. The summed E-state index contributed by atoms with van der Waals surface area (Å²) >= 11 is 1.15. The maximum absolute atomic E-state index is 13.2. The molecule has 0 aliphatic rings. The number of aromatic nitrogens is 2. The normalized spacial score (nSPS) is 10.7. The number of aryl methyl sites for hydroxylation is 1. The number of hydrogen-bond donors (Lipinski definition) is 1. The van der Waals surface area contributed by atoms with E-state index in [1.54, 1.807) is 29.8 Å². The van der Waals surface area contributed by atoms with Gasteiger partial charge < -0.3 is 14.8 Å². The summed E-state index contributed by atoms with van der Waals surface area (Å²) in [6.45, 7) is 0.972. The molecule has 1 amide bonds. The molecule has 2 aromatic heterocycles. The molecule has 3 rings (SSSR count). The van der Waals surface area contributed by atoms with Gasteiger partial charge in [-0.2, -0.15) is 5.10 Å². The monoisotopic (exact) mass is 405 g/mol. The molecule has 0 aliphatic carbocycles. The second-order valence-electron chi connectivity index (χ2n) is 5.73. The molecule has 0 bridgehead atoms. The molecule has 146 valence electrons. The number of carbonyl (C=O) groups is 3. The van der Waals surface area contributed by atoms with Crippen LogP contribution in [-0.2, 0) is 19.1 Å². The number of amides is 1. The molecule has 0 atom stereocenters. The minimum absolute atomic E-state index is 0.298. The highest BCUT2D eigenvalue weighted by Gasteiger charge is 2.19. The molecular formula is C18H16FN3O5S. The number of nitrogens with zero attached hydrogens (tertiary/aromatic N) is 2. The van der Waals surface area contributed by atoms with Crippen molar-refractivity contribution in [3.05, 3.63) is 46.7 Å². The highest BCUT2D eigenvalue weighted by Crippen LogP contribution is 2.30. The van der Waals surface area contributed by atoms with E-state index in [1.807, 2.05) is 0 Å². The zero-order chi connectivity index (χ0) is 20.3. The molecule has 2 heterocycles. The van der Waals surface area contributed by atoms with E-state index in [4.69, 9.17) is 4.74 Å². The fourth-order valence-electron chi connectivity index (χ4n) is 2.40. The van der Waals surface area contributed by atoms with Crippen LogP contribution in [0.15, 0.2) is 30.3 Å². The van der Waals surface area contributed by atoms with Crippen LogP contribution in [0.25, 0.3) is 15.9 Å². The highest BCUT2D eigenvalue weighted by molar-refractivity contribution is 7.20. The number of nitrogens with one attached hydrogen (secondary N) is 1. The Balaban J connectivity index is 1.72. The first kappa shape index (κ1) is 19.5. The van der Waals surface area contributed by atoms with Gasteiger partial charge in [0, 0.05) is 5.39 Å². The fraction of sp³-hybridized carbons (Fsp3) is 0.222. The Labute approximate surface area is 162 Å². The number of thiophene rings is 1. The Bertz CT molecular complexity index is 1040. The van der Waals surface area contributed by atoms with Crippen LogP contribution < -0.4 is 5.32 Å². The topological polar surface area (TPSA) is 99.5 Å². The first-order valence-electron chi connectivity index (χ1n) is 8.14. The van der Waals surface area contributed by atoms with Crippen LogP contribution in [0.1, 0.15) is 15.4 Å². The molecule has 0 spiro atoms. The number of halogens is 1. The number of carbonyl (C=O) groups excluding carboxylic acids is 3. The van der Waals surface area contributed by atoms with E-state index in [0.717, 1.165) is 16.7 Å². The number of fused-ring (bicyclic) bond motifs is 1. The maximum Gasteiger partial charge on any atom is 0.348 e. The zero-order valence-corrected chi connectivity index (χ0v) is 15.8. The fourth-order valence-corrected chi connectivity index (χ4v) is 3.48. The Morgan fingerprint density at radius 2 is 1.96 bits per heavy atom. The van der Waals surface area contributed by atoms with Gasteiger partial charge in [0.05, 0.1) is 18.5 Å². The van der Waals surface area contributed by atoms with Gasteiger partial charge in [-0.1, -0.05) is 0 Å². The van der Waals surface area contributed by atoms with E-state index in [9.17, 15) is 18.8 Å². The predicted molar refractivity (Wildman–Crippen MR) is 99.0 cm³/mol. The Morgan fingerprint density at radius 1 is 1.25 bits per heavy atom. The second kappa shape index (κ2) is 8.17. The summed E-state index contributed by atoms with van der Waals surface area (Å²) in [6, 6.07) is 7.47. The summed E-state index contributed by atoms with van der Waals surface area (Å²) in [5, 5.41) is 7.45. The van der Waals surface area contributed by atoms with Crippen molar-refractivity contribution in [2.45, 2.75) is 6.92 Å². The molecule has 1 N–H and O–H groups in total. The van der Waals surface area contributed by atoms with Gasteiger partial charge in [-0.25, -0.2) is 13.9 Å². The summed E-state index contributed by atoms with van der Waals surface area (Å²) < 4.78 is 24.2. The lowest BCUT2D eigenvalue weighted by atomic mass is 10.3. The predicted octanol–water partition coefficient (Wildman–Crippen LogP) is 1.98. The molecule has 8 nitrogen and oxygen atoms in total. The van der Waals surface area contributed by atoms with Crippen LogP contribution in [0.5, 0.6) is 0 Å². The standard InChI is InChI=1S/C18H16FN3O5S/c1-10-13-7-14(18(25)27-9-15(23)20-8-16(24)26-2)28-17(13)22(21-10)12-5-3-11(19)4-6-12/h3-7H,8-9H2,1-2H3,(H,20,23). The van der Waals surface area contributed by atoms with Crippen molar-refractivity contribution < 1.29 is 28.2 Å². The number of esters is 2. The van der Waals surface area contributed by atoms with Crippen molar-refractivity contribution in [1.82, 2.24) is 15.1 Å². The summed E-state index contributed by atoms with van der Waals surface area (Å²) in [7, 11) is 1.20. The first-order chi connectivity index (χ1) is 13.4. The number of ether oxygens (including phenoxy) is 2. The van der Waals surface area contributed by atoms with Gasteiger partial charge in [-0.05, 0) is 37.3 Å². The van der Waals surface area contributed by atoms with Crippen LogP contribution in [-0.4, -0.2) is 47.9 Å². The molecular weight excluding hydrogens is 389 g/mol. The maximum atomic E-state index is 13.2. The first-order valence-corrected chi connectivity index (χ1v) is 8.96. The van der Waals surface area contributed by atoms with Crippen molar-refractivity contribution in [2.75, 3.05) is 20.3 Å². The lowest BCUT2D eigenvalue weighted by Gasteiger charge is -2.05.